The van der Waals surface area contributed by atoms with Gasteiger partial charge in [-0.1, -0.05) is 30.5 Å². The lowest BCUT2D eigenvalue weighted by atomic mass is 10.1. The van der Waals surface area contributed by atoms with Crippen molar-refractivity contribution in [3.05, 3.63) is 29.0 Å². The Morgan fingerprint density at radius 1 is 1.62 bits per heavy atom. The molecule has 0 saturated heterocycles. The third-order valence-corrected chi connectivity index (χ3v) is 2.92. The van der Waals surface area contributed by atoms with Crippen LogP contribution in [-0.4, -0.2) is 16.9 Å². The van der Waals surface area contributed by atoms with Crippen LogP contribution in [0, 0.1) is 5.92 Å². The molecule has 1 aliphatic carbocycles. The Hall–Kier alpha value is -1.09. The summed E-state index contributed by atoms with van der Waals surface area (Å²) in [7, 11) is 0. The molecule has 4 heteroatoms. The van der Waals surface area contributed by atoms with E-state index in [1.54, 1.807) is 18.2 Å². The van der Waals surface area contributed by atoms with Crippen LogP contribution in [-0.2, 0) is 0 Å². The maximum absolute atomic E-state index is 11.8. The van der Waals surface area contributed by atoms with E-state index in [2.05, 4.69) is 10.3 Å². The first-order valence-corrected chi connectivity index (χ1v) is 5.96. The summed E-state index contributed by atoms with van der Waals surface area (Å²) < 4.78 is 0. The van der Waals surface area contributed by atoms with Gasteiger partial charge in [-0.15, -0.1) is 0 Å². The van der Waals surface area contributed by atoms with Crippen molar-refractivity contribution >= 4 is 17.5 Å². The Bertz CT molecular complexity index is 390. The molecule has 1 aliphatic rings. The molecule has 1 unspecified atom stereocenters. The van der Waals surface area contributed by atoms with Crippen LogP contribution in [0.1, 0.15) is 36.7 Å². The monoisotopic (exact) mass is 238 g/mol. The van der Waals surface area contributed by atoms with Gasteiger partial charge >= 0.3 is 0 Å². The van der Waals surface area contributed by atoms with Crippen LogP contribution in [0.2, 0.25) is 5.15 Å². The lowest BCUT2D eigenvalue weighted by Crippen LogP contribution is -2.33. The molecule has 0 spiro atoms. The van der Waals surface area contributed by atoms with Gasteiger partial charge in [-0.2, -0.15) is 0 Å². The second kappa shape index (κ2) is 4.83. The summed E-state index contributed by atoms with van der Waals surface area (Å²) in [6, 6.07) is 5.27. The fraction of sp³-hybridized carbons (Fsp3) is 0.500. The van der Waals surface area contributed by atoms with Gasteiger partial charge in [0.15, 0.2) is 0 Å². The fourth-order valence-corrected chi connectivity index (χ4v) is 1.91. The number of nitrogens with zero attached hydrogens (tertiary/aromatic N) is 1. The minimum Gasteiger partial charge on any atom is -0.348 e. The van der Waals surface area contributed by atoms with Crippen LogP contribution in [0.25, 0.3) is 0 Å². The van der Waals surface area contributed by atoms with E-state index in [0.717, 1.165) is 12.3 Å². The number of aromatic nitrogens is 1. The van der Waals surface area contributed by atoms with Gasteiger partial charge in [0.2, 0.25) is 0 Å². The lowest BCUT2D eigenvalue weighted by molar-refractivity contribution is 0.0932. The molecule has 1 aromatic heterocycles. The molecule has 0 aliphatic heterocycles. The van der Waals surface area contributed by atoms with Crippen LogP contribution in [0.4, 0.5) is 0 Å². The predicted octanol–water partition coefficient (Wildman–Crippen LogP) is 2.65. The number of carbonyl (C=O) groups excluding carboxylic acids is 1. The number of hydrogen-bond acceptors (Lipinski definition) is 2. The summed E-state index contributed by atoms with van der Waals surface area (Å²) in [5.74, 6) is 0.665. The molecule has 0 radical (unpaired) electrons. The van der Waals surface area contributed by atoms with E-state index < -0.39 is 0 Å². The zero-order chi connectivity index (χ0) is 11.5. The minimum absolute atomic E-state index is 0.143. The van der Waals surface area contributed by atoms with Gasteiger partial charge in [-0.3, -0.25) is 4.79 Å². The Morgan fingerprint density at radius 3 is 3.00 bits per heavy atom. The molecule has 2 rings (SSSR count). The van der Waals surface area contributed by atoms with Crippen molar-refractivity contribution in [2.45, 2.75) is 32.2 Å². The molecule has 86 valence electrons. The Kier molecular flexibility index (Phi) is 3.44. The first kappa shape index (κ1) is 11.4. The SMILES string of the molecule is CC(CC1CC1)NC(=O)c1cccc(Cl)n1. The first-order chi connectivity index (χ1) is 7.65. The van der Waals surface area contributed by atoms with Gasteiger partial charge in [-0.25, -0.2) is 4.98 Å². The van der Waals surface area contributed by atoms with Crippen LogP contribution in [0.5, 0.6) is 0 Å². The standard InChI is InChI=1S/C12H15ClN2O/c1-8(7-9-5-6-9)14-12(16)10-3-2-4-11(13)15-10/h2-4,8-9H,5-7H2,1H3,(H,14,16). The van der Waals surface area contributed by atoms with E-state index in [0.29, 0.717) is 10.8 Å². The van der Waals surface area contributed by atoms with Crippen LogP contribution >= 0.6 is 11.6 Å². The molecular formula is C12H15ClN2O. The molecule has 1 fully saturated rings. The van der Waals surface area contributed by atoms with E-state index in [1.165, 1.54) is 12.8 Å². The average Bonchev–Trinajstić information content (AvgIpc) is 3.01. The normalized spacial score (nSPS) is 16.9. The molecule has 16 heavy (non-hydrogen) atoms. The molecule has 1 saturated carbocycles. The molecule has 1 heterocycles. The van der Waals surface area contributed by atoms with Gasteiger partial charge in [0.1, 0.15) is 10.8 Å². The quantitative estimate of drug-likeness (QED) is 0.820. The Morgan fingerprint density at radius 2 is 2.38 bits per heavy atom. The Balaban J connectivity index is 1.91. The third-order valence-electron chi connectivity index (χ3n) is 2.71. The second-order valence-electron chi connectivity index (χ2n) is 4.40. The van der Waals surface area contributed by atoms with Crippen molar-refractivity contribution in [3.63, 3.8) is 0 Å². The van der Waals surface area contributed by atoms with Gasteiger partial charge in [0.25, 0.3) is 5.91 Å². The van der Waals surface area contributed by atoms with Crippen molar-refractivity contribution < 1.29 is 4.79 Å². The van der Waals surface area contributed by atoms with Gasteiger partial charge < -0.3 is 5.32 Å². The minimum atomic E-state index is -0.143. The molecule has 1 atom stereocenters. The van der Waals surface area contributed by atoms with Crippen molar-refractivity contribution in [2.75, 3.05) is 0 Å². The molecule has 1 aromatic rings. The highest BCUT2D eigenvalue weighted by Gasteiger charge is 2.24. The van der Waals surface area contributed by atoms with Crippen molar-refractivity contribution in [2.24, 2.45) is 5.92 Å². The lowest BCUT2D eigenvalue weighted by Gasteiger charge is -2.12. The van der Waals surface area contributed by atoms with Crippen LogP contribution < -0.4 is 5.32 Å². The third kappa shape index (κ3) is 3.20. The fourth-order valence-electron chi connectivity index (χ4n) is 1.74. The zero-order valence-corrected chi connectivity index (χ0v) is 10.00. The zero-order valence-electron chi connectivity index (χ0n) is 9.24. The maximum atomic E-state index is 11.8. The molecular weight excluding hydrogens is 224 g/mol. The van der Waals surface area contributed by atoms with Gasteiger partial charge in [0.05, 0.1) is 0 Å². The van der Waals surface area contributed by atoms with Crippen molar-refractivity contribution in [3.8, 4) is 0 Å². The van der Waals surface area contributed by atoms with Gasteiger partial charge in [0, 0.05) is 6.04 Å². The predicted molar refractivity (Wildman–Crippen MR) is 63.5 cm³/mol. The summed E-state index contributed by atoms with van der Waals surface area (Å²) in [5.41, 5.74) is 0.384. The first-order valence-electron chi connectivity index (χ1n) is 5.58. The largest absolute Gasteiger partial charge is 0.348 e. The van der Waals surface area contributed by atoms with E-state index in [1.807, 2.05) is 6.92 Å². The number of halogens is 1. The van der Waals surface area contributed by atoms with Gasteiger partial charge in [-0.05, 0) is 31.4 Å². The van der Waals surface area contributed by atoms with E-state index in [4.69, 9.17) is 11.6 Å². The summed E-state index contributed by atoms with van der Waals surface area (Å²) in [4.78, 5) is 15.8. The molecule has 1 amide bonds. The molecule has 0 bridgehead atoms. The summed E-state index contributed by atoms with van der Waals surface area (Å²) in [6.45, 7) is 2.03. The Labute approximate surface area is 100 Å². The number of rotatable bonds is 4. The maximum Gasteiger partial charge on any atom is 0.270 e. The highest BCUT2D eigenvalue weighted by Crippen LogP contribution is 2.33. The van der Waals surface area contributed by atoms with Crippen LogP contribution in [0.15, 0.2) is 18.2 Å². The van der Waals surface area contributed by atoms with E-state index in [9.17, 15) is 4.79 Å². The number of nitrogens with one attached hydrogen (secondary N) is 1. The van der Waals surface area contributed by atoms with E-state index >= 15 is 0 Å². The average molecular weight is 239 g/mol. The highest BCUT2D eigenvalue weighted by atomic mass is 35.5. The molecule has 0 aromatic carbocycles. The summed E-state index contributed by atoms with van der Waals surface area (Å²) >= 11 is 5.73. The smallest absolute Gasteiger partial charge is 0.270 e. The number of hydrogen-bond donors (Lipinski definition) is 1. The number of carbonyl (C=O) groups is 1. The second-order valence-corrected chi connectivity index (χ2v) is 4.79. The topological polar surface area (TPSA) is 42.0 Å². The van der Waals surface area contributed by atoms with E-state index in [-0.39, 0.29) is 11.9 Å². The number of amides is 1. The van der Waals surface area contributed by atoms with Crippen LogP contribution in [0.3, 0.4) is 0 Å². The van der Waals surface area contributed by atoms with Crippen molar-refractivity contribution in [1.29, 1.82) is 0 Å². The highest BCUT2D eigenvalue weighted by molar-refractivity contribution is 6.29. The van der Waals surface area contributed by atoms with Crippen molar-refractivity contribution in [1.82, 2.24) is 10.3 Å². The summed E-state index contributed by atoms with van der Waals surface area (Å²) in [6.07, 6.45) is 3.66. The molecule has 1 N–H and O–H groups in total. The summed E-state index contributed by atoms with van der Waals surface area (Å²) in [5, 5.41) is 3.28. The number of pyridine rings is 1. The molecule has 3 nitrogen and oxygen atoms in total.